The number of nitrogens with zero attached hydrogens (tertiary/aromatic N) is 2. The average molecular weight is 253 g/mol. The van der Waals surface area contributed by atoms with Crippen molar-refractivity contribution in [1.29, 1.82) is 0 Å². The van der Waals surface area contributed by atoms with Gasteiger partial charge in [0.15, 0.2) is 0 Å². The summed E-state index contributed by atoms with van der Waals surface area (Å²) in [5, 5.41) is 4.32. The molecule has 0 spiro atoms. The fourth-order valence-corrected chi connectivity index (χ4v) is 1.99. The number of fused-ring (bicyclic) bond motifs is 1. The van der Waals surface area contributed by atoms with E-state index in [1.54, 1.807) is 12.3 Å². The monoisotopic (exact) mass is 253 g/mol. The molecule has 0 saturated carbocycles. The van der Waals surface area contributed by atoms with E-state index in [4.69, 9.17) is 0 Å². The highest BCUT2D eigenvalue weighted by Gasteiger charge is 2.01. The summed E-state index contributed by atoms with van der Waals surface area (Å²) < 4.78 is 12.7. The predicted molar refractivity (Wildman–Crippen MR) is 73.3 cm³/mol. The minimum atomic E-state index is -0.475. The number of hydrogen-bond donors (Lipinski definition) is 1. The van der Waals surface area contributed by atoms with Crippen LogP contribution < -0.4 is 5.32 Å². The Labute approximate surface area is 110 Å². The topological polar surface area (TPSA) is 37.8 Å². The largest absolute Gasteiger partial charge is 0.380 e. The van der Waals surface area contributed by atoms with Crippen molar-refractivity contribution in [2.24, 2.45) is 0 Å². The van der Waals surface area contributed by atoms with Gasteiger partial charge >= 0.3 is 0 Å². The summed E-state index contributed by atoms with van der Waals surface area (Å²) in [4.78, 5) is 8.00. The lowest BCUT2D eigenvalue weighted by molar-refractivity contribution is 0.584. The van der Waals surface area contributed by atoms with Crippen LogP contribution in [0.1, 0.15) is 5.56 Å². The summed E-state index contributed by atoms with van der Waals surface area (Å²) in [6.07, 6.45) is 3.26. The lowest BCUT2D eigenvalue weighted by atomic mass is 10.1. The van der Waals surface area contributed by atoms with E-state index in [0.717, 1.165) is 22.2 Å². The molecular formula is C15H12FN3. The molecule has 0 unspecified atom stereocenters. The Morgan fingerprint density at radius 1 is 1.00 bits per heavy atom. The zero-order chi connectivity index (χ0) is 13.1. The normalized spacial score (nSPS) is 10.6. The average Bonchev–Trinajstić information content (AvgIpc) is 2.47. The van der Waals surface area contributed by atoms with E-state index in [9.17, 15) is 4.39 Å². The van der Waals surface area contributed by atoms with Crippen molar-refractivity contribution in [2.75, 3.05) is 5.32 Å². The molecule has 0 aliphatic rings. The molecule has 1 N–H and O–H groups in total. The smallest absolute Gasteiger partial charge is 0.212 e. The lowest BCUT2D eigenvalue weighted by Gasteiger charge is -2.08. The number of rotatable bonds is 3. The van der Waals surface area contributed by atoms with Crippen LogP contribution in [-0.4, -0.2) is 9.97 Å². The first-order valence-corrected chi connectivity index (χ1v) is 6.01. The maximum absolute atomic E-state index is 12.7. The van der Waals surface area contributed by atoms with Crippen LogP contribution in [0.4, 0.5) is 10.1 Å². The summed E-state index contributed by atoms with van der Waals surface area (Å²) in [5.74, 6) is -0.475. The standard InChI is InChI=1S/C15H12FN3/c16-14-7-6-13(10-19-14)18-9-12-4-1-3-11-5-2-8-17-15(11)12/h1-8,10,18H,9H2. The molecular weight excluding hydrogens is 241 g/mol. The first-order chi connectivity index (χ1) is 9.33. The molecule has 94 valence electrons. The summed E-state index contributed by atoms with van der Waals surface area (Å²) in [6, 6.07) is 13.0. The van der Waals surface area contributed by atoms with Crippen molar-refractivity contribution in [2.45, 2.75) is 6.54 Å². The van der Waals surface area contributed by atoms with E-state index in [2.05, 4.69) is 15.3 Å². The summed E-state index contributed by atoms with van der Waals surface area (Å²) in [6.45, 7) is 0.627. The van der Waals surface area contributed by atoms with E-state index in [0.29, 0.717) is 6.54 Å². The van der Waals surface area contributed by atoms with E-state index >= 15 is 0 Å². The number of pyridine rings is 2. The third-order valence-corrected chi connectivity index (χ3v) is 2.93. The predicted octanol–water partition coefficient (Wildman–Crippen LogP) is 3.38. The zero-order valence-corrected chi connectivity index (χ0v) is 10.2. The van der Waals surface area contributed by atoms with Crippen LogP contribution in [0.15, 0.2) is 54.9 Å². The van der Waals surface area contributed by atoms with Crippen LogP contribution >= 0.6 is 0 Å². The van der Waals surface area contributed by atoms with Gasteiger partial charge in [-0.3, -0.25) is 4.98 Å². The Morgan fingerprint density at radius 3 is 2.74 bits per heavy atom. The summed E-state index contributed by atoms with van der Waals surface area (Å²) in [5.41, 5.74) is 2.87. The van der Waals surface area contributed by atoms with Gasteiger partial charge in [0.1, 0.15) is 0 Å². The molecule has 3 nitrogen and oxygen atoms in total. The van der Waals surface area contributed by atoms with Crippen LogP contribution in [0.5, 0.6) is 0 Å². The molecule has 0 bridgehead atoms. The molecule has 0 saturated heterocycles. The molecule has 0 amide bonds. The van der Waals surface area contributed by atoms with Gasteiger partial charge in [0.25, 0.3) is 0 Å². The van der Waals surface area contributed by atoms with Crippen molar-refractivity contribution in [3.05, 3.63) is 66.4 Å². The van der Waals surface area contributed by atoms with Gasteiger partial charge in [-0.1, -0.05) is 24.3 Å². The second kappa shape index (κ2) is 5.02. The highest BCUT2D eigenvalue weighted by molar-refractivity contribution is 5.81. The van der Waals surface area contributed by atoms with Crippen molar-refractivity contribution in [1.82, 2.24) is 9.97 Å². The Balaban J connectivity index is 1.84. The second-order valence-corrected chi connectivity index (χ2v) is 4.22. The van der Waals surface area contributed by atoms with Gasteiger partial charge in [0.2, 0.25) is 5.95 Å². The maximum atomic E-state index is 12.7. The van der Waals surface area contributed by atoms with E-state index in [-0.39, 0.29) is 0 Å². The molecule has 1 aromatic carbocycles. The van der Waals surface area contributed by atoms with Crippen LogP contribution in [0.2, 0.25) is 0 Å². The molecule has 0 fully saturated rings. The minimum Gasteiger partial charge on any atom is -0.380 e. The number of benzene rings is 1. The fourth-order valence-electron chi connectivity index (χ4n) is 1.99. The minimum absolute atomic E-state index is 0.475. The first-order valence-electron chi connectivity index (χ1n) is 6.01. The van der Waals surface area contributed by atoms with Gasteiger partial charge in [0, 0.05) is 18.1 Å². The number of hydrogen-bond acceptors (Lipinski definition) is 3. The molecule has 2 heterocycles. The second-order valence-electron chi connectivity index (χ2n) is 4.22. The highest BCUT2D eigenvalue weighted by atomic mass is 19.1. The molecule has 0 radical (unpaired) electrons. The lowest BCUT2D eigenvalue weighted by Crippen LogP contribution is -2.01. The molecule has 0 aliphatic carbocycles. The van der Waals surface area contributed by atoms with Crippen LogP contribution in [-0.2, 0) is 6.54 Å². The van der Waals surface area contributed by atoms with E-state index in [1.807, 2.05) is 30.3 Å². The van der Waals surface area contributed by atoms with Crippen LogP contribution in [0.25, 0.3) is 10.9 Å². The van der Waals surface area contributed by atoms with Crippen molar-refractivity contribution < 1.29 is 4.39 Å². The Morgan fingerprint density at radius 2 is 1.89 bits per heavy atom. The van der Waals surface area contributed by atoms with Crippen LogP contribution in [0.3, 0.4) is 0 Å². The molecule has 2 aromatic heterocycles. The van der Waals surface area contributed by atoms with Gasteiger partial charge in [-0.25, -0.2) is 4.98 Å². The molecule has 3 rings (SSSR count). The van der Waals surface area contributed by atoms with Gasteiger partial charge in [-0.2, -0.15) is 4.39 Å². The molecule has 3 aromatic rings. The van der Waals surface area contributed by atoms with Crippen molar-refractivity contribution in [3.8, 4) is 0 Å². The third kappa shape index (κ3) is 2.52. The van der Waals surface area contributed by atoms with Crippen molar-refractivity contribution in [3.63, 3.8) is 0 Å². The number of para-hydroxylation sites is 1. The zero-order valence-electron chi connectivity index (χ0n) is 10.2. The Hall–Kier alpha value is -2.49. The highest BCUT2D eigenvalue weighted by Crippen LogP contribution is 2.17. The van der Waals surface area contributed by atoms with Gasteiger partial charge in [-0.15, -0.1) is 0 Å². The summed E-state index contributed by atoms with van der Waals surface area (Å²) in [7, 11) is 0. The number of halogens is 1. The van der Waals surface area contributed by atoms with Crippen LogP contribution in [0, 0.1) is 5.95 Å². The Bertz CT molecular complexity index is 690. The summed E-state index contributed by atoms with van der Waals surface area (Å²) >= 11 is 0. The van der Waals surface area contributed by atoms with E-state index < -0.39 is 5.95 Å². The number of anilines is 1. The van der Waals surface area contributed by atoms with Crippen molar-refractivity contribution >= 4 is 16.6 Å². The van der Waals surface area contributed by atoms with Gasteiger partial charge in [0.05, 0.1) is 17.4 Å². The van der Waals surface area contributed by atoms with Gasteiger partial charge < -0.3 is 5.32 Å². The Kier molecular flexibility index (Phi) is 3.06. The molecule has 0 aliphatic heterocycles. The number of nitrogens with one attached hydrogen (secondary N) is 1. The SMILES string of the molecule is Fc1ccc(NCc2cccc3cccnc23)cn1. The van der Waals surface area contributed by atoms with Gasteiger partial charge in [-0.05, 0) is 23.8 Å². The fraction of sp³-hybridized carbons (Fsp3) is 0.0667. The first kappa shape index (κ1) is 11.6. The molecule has 0 atom stereocenters. The molecule has 19 heavy (non-hydrogen) atoms. The van der Waals surface area contributed by atoms with E-state index in [1.165, 1.54) is 12.3 Å². The third-order valence-electron chi connectivity index (χ3n) is 2.93. The molecule has 4 heteroatoms. The number of aromatic nitrogens is 2. The quantitative estimate of drug-likeness (QED) is 0.727. The maximum Gasteiger partial charge on any atom is 0.212 e.